The number of ether oxygens (including phenoxy) is 1. The van der Waals surface area contributed by atoms with E-state index in [-0.39, 0.29) is 19.8 Å². The lowest BCUT2D eigenvalue weighted by Crippen LogP contribution is -2.58. The second-order valence-electron chi connectivity index (χ2n) is 4.08. The lowest BCUT2D eigenvalue weighted by Gasteiger charge is -2.35. The van der Waals surface area contributed by atoms with Crippen LogP contribution in [0.1, 0.15) is 11.5 Å². The molecule has 0 atom stereocenters. The summed E-state index contributed by atoms with van der Waals surface area (Å²) in [5.74, 6) is -0.354. The van der Waals surface area contributed by atoms with Crippen molar-refractivity contribution in [2.24, 2.45) is 5.41 Å². The van der Waals surface area contributed by atoms with Crippen LogP contribution < -0.4 is 5.32 Å². The number of carboxylic acid groups (broad SMARTS) is 1. The highest BCUT2D eigenvalue weighted by atomic mass is 16.5. The molecule has 0 aromatic carbocycles. The summed E-state index contributed by atoms with van der Waals surface area (Å²) in [4.78, 5) is 22.8. The average Bonchev–Trinajstić information content (AvgIpc) is 2.59. The molecule has 0 bridgehead atoms. The van der Waals surface area contributed by atoms with Gasteiger partial charge in [0.15, 0.2) is 5.41 Å². The van der Waals surface area contributed by atoms with Crippen molar-refractivity contribution in [3.05, 3.63) is 23.7 Å². The van der Waals surface area contributed by atoms with Crippen LogP contribution in [0.15, 0.2) is 16.5 Å². The Morgan fingerprint density at radius 2 is 2.18 bits per heavy atom. The number of rotatable bonds is 4. The van der Waals surface area contributed by atoms with Crippen molar-refractivity contribution in [1.29, 1.82) is 0 Å². The summed E-state index contributed by atoms with van der Waals surface area (Å²) in [6.45, 7) is 1.82. The quantitative estimate of drug-likeness (QED) is 0.738. The van der Waals surface area contributed by atoms with E-state index in [0.29, 0.717) is 5.76 Å². The third-order valence-electron chi connectivity index (χ3n) is 2.76. The van der Waals surface area contributed by atoms with E-state index >= 15 is 0 Å². The number of nitrogens with one attached hydrogen (secondary N) is 1. The zero-order chi connectivity index (χ0) is 12.5. The zero-order valence-electron chi connectivity index (χ0n) is 9.36. The lowest BCUT2D eigenvalue weighted by atomic mass is 9.85. The highest BCUT2D eigenvalue weighted by Gasteiger charge is 2.53. The van der Waals surface area contributed by atoms with E-state index in [1.54, 1.807) is 19.1 Å². The highest BCUT2D eigenvalue weighted by molar-refractivity contribution is 6.03. The van der Waals surface area contributed by atoms with Crippen LogP contribution in [0.2, 0.25) is 0 Å². The van der Waals surface area contributed by atoms with Crippen molar-refractivity contribution < 1.29 is 23.8 Å². The maximum Gasteiger partial charge on any atom is 0.324 e. The molecular formula is C11H13NO5. The van der Waals surface area contributed by atoms with E-state index in [1.165, 1.54) is 0 Å². The van der Waals surface area contributed by atoms with Crippen LogP contribution in [0.25, 0.3) is 0 Å². The standard InChI is InChI=1S/C11H13NO5/c1-7-2-3-8(17-7)4-12-9(13)11(10(14)15)5-16-6-11/h2-3H,4-6H2,1H3,(H,12,13)(H,14,15). The first-order chi connectivity index (χ1) is 8.04. The van der Waals surface area contributed by atoms with E-state index in [2.05, 4.69) is 5.32 Å². The third kappa shape index (κ3) is 2.03. The average molecular weight is 239 g/mol. The Balaban J connectivity index is 1.95. The van der Waals surface area contributed by atoms with Gasteiger partial charge in [0, 0.05) is 0 Å². The summed E-state index contributed by atoms with van der Waals surface area (Å²) in [7, 11) is 0. The Labute approximate surface area is 97.6 Å². The molecule has 0 aliphatic carbocycles. The molecule has 17 heavy (non-hydrogen) atoms. The summed E-state index contributed by atoms with van der Waals surface area (Å²) in [6.07, 6.45) is 0. The lowest BCUT2D eigenvalue weighted by molar-refractivity contribution is -0.185. The molecule has 0 radical (unpaired) electrons. The zero-order valence-corrected chi connectivity index (χ0v) is 9.36. The number of furan rings is 1. The molecular weight excluding hydrogens is 226 g/mol. The SMILES string of the molecule is Cc1ccc(CNC(=O)C2(C(=O)O)COC2)o1. The van der Waals surface area contributed by atoms with Crippen LogP contribution in [-0.2, 0) is 20.9 Å². The first-order valence-electron chi connectivity index (χ1n) is 5.19. The molecule has 1 aliphatic rings. The Hall–Kier alpha value is -1.82. The van der Waals surface area contributed by atoms with E-state index in [0.717, 1.165) is 5.76 Å². The van der Waals surface area contributed by atoms with Crippen LogP contribution >= 0.6 is 0 Å². The fourth-order valence-corrected chi connectivity index (χ4v) is 1.57. The van der Waals surface area contributed by atoms with Crippen molar-refractivity contribution in [2.45, 2.75) is 13.5 Å². The van der Waals surface area contributed by atoms with Crippen molar-refractivity contribution >= 4 is 11.9 Å². The molecule has 2 heterocycles. The van der Waals surface area contributed by atoms with E-state index in [4.69, 9.17) is 14.3 Å². The first-order valence-corrected chi connectivity index (χ1v) is 5.19. The summed E-state index contributed by atoms with van der Waals surface area (Å²) >= 11 is 0. The molecule has 2 rings (SSSR count). The smallest absolute Gasteiger partial charge is 0.324 e. The van der Waals surface area contributed by atoms with Crippen LogP contribution in [-0.4, -0.2) is 30.2 Å². The third-order valence-corrected chi connectivity index (χ3v) is 2.76. The number of carbonyl (C=O) groups is 2. The second-order valence-corrected chi connectivity index (χ2v) is 4.08. The molecule has 0 unspecified atom stereocenters. The van der Waals surface area contributed by atoms with Gasteiger partial charge >= 0.3 is 5.97 Å². The molecule has 6 nitrogen and oxygen atoms in total. The molecule has 0 saturated carbocycles. The van der Waals surface area contributed by atoms with E-state index in [1.807, 2.05) is 0 Å². The van der Waals surface area contributed by atoms with Gasteiger partial charge in [0.05, 0.1) is 19.8 Å². The second kappa shape index (κ2) is 4.21. The van der Waals surface area contributed by atoms with Gasteiger partial charge in [-0.05, 0) is 19.1 Å². The van der Waals surface area contributed by atoms with Gasteiger partial charge in [-0.2, -0.15) is 0 Å². The van der Waals surface area contributed by atoms with Gasteiger partial charge in [0.2, 0.25) is 5.91 Å². The van der Waals surface area contributed by atoms with Crippen molar-refractivity contribution in [1.82, 2.24) is 5.32 Å². The number of hydrogen-bond acceptors (Lipinski definition) is 4. The summed E-state index contributed by atoms with van der Waals surface area (Å²) in [6, 6.07) is 3.52. The molecule has 1 aromatic heterocycles. The number of aryl methyl sites for hydroxylation is 1. The van der Waals surface area contributed by atoms with Gasteiger partial charge < -0.3 is 19.6 Å². The van der Waals surface area contributed by atoms with E-state index < -0.39 is 17.3 Å². The number of aliphatic carboxylic acids is 1. The Bertz CT molecular complexity index is 446. The molecule has 1 amide bonds. The van der Waals surface area contributed by atoms with Crippen molar-refractivity contribution in [3.8, 4) is 0 Å². The van der Waals surface area contributed by atoms with Crippen molar-refractivity contribution in [3.63, 3.8) is 0 Å². The topological polar surface area (TPSA) is 88.8 Å². The minimum absolute atomic E-state index is 0.0780. The molecule has 92 valence electrons. The molecule has 1 aliphatic heterocycles. The van der Waals surface area contributed by atoms with Crippen LogP contribution in [0.3, 0.4) is 0 Å². The van der Waals surface area contributed by atoms with Gasteiger partial charge in [-0.3, -0.25) is 9.59 Å². The maximum absolute atomic E-state index is 11.8. The maximum atomic E-state index is 11.8. The first kappa shape index (κ1) is 11.7. The van der Waals surface area contributed by atoms with Gasteiger partial charge in [0.25, 0.3) is 0 Å². The Morgan fingerprint density at radius 3 is 2.59 bits per heavy atom. The minimum Gasteiger partial charge on any atom is -0.480 e. The van der Waals surface area contributed by atoms with Crippen LogP contribution in [0, 0.1) is 12.3 Å². The molecule has 1 aromatic rings. The molecule has 2 N–H and O–H groups in total. The van der Waals surface area contributed by atoms with Gasteiger partial charge in [-0.1, -0.05) is 0 Å². The number of amides is 1. The Kier molecular flexibility index (Phi) is 2.89. The predicted octanol–water partition coefficient (Wildman–Crippen LogP) is 0.305. The van der Waals surface area contributed by atoms with E-state index in [9.17, 15) is 9.59 Å². The predicted molar refractivity (Wildman–Crippen MR) is 56.2 cm³/mol. The van der Waals surface area contributed by atoms with Crippen LogP contribution in [0.5, 0.6) is 0 Å². The highest BCUT2D eigenvalue weighted by Crippen LogP contribution is 2.28. The molecule has 6 heteroatoms. The van der Waals surface area contributed by atoms with Crippen LogP contribution in [0.4, 0.5) is 0 Å². The molecule has 1 fully saturated rings. The fourth-order valence-electron chi connectivity index (χ4n) is 1.57. The largest absolute Gasteiger partial charge is 0.480 e. The van der Waals surface area contributed by atoms with Crippen molar-refractivity contribution in [2.75, 3.05) is 13.2 Å². The fraction of sp³-hybridized carbons (Fsp3) is 0.455. The minimum atomic E-state index is -1.43. The summed E-state index contributed by atoms with van der Waals surface area (Å²) < 4.78 is 10.1. The number of carboxylic acids is 1. The number of hydrogen-bond donors (Lipinski definition) is 2. The normalized spacial score (nSPS) is 17.2. The van der Waals surface area contributed by atoms with Gasteiger partial charge in [0.1, 0.15) is 11.5 Å². The van der Waals surface area contributed by atoms with Gasteiger partial charge in [-0.15, -0.1) is 0 Å². The molecule has 1 saturated heterocycles. The number of carbonyl (C=O) groups excluding carboxylic acids is 1. The molecule has 0 spiro atoms. The summed E-state index contributed by atoms with van der Waals surface area (Å²) in [5, 5.41) is 11.5. The monoisotopic (exact) mass is 239 g/mol. The Morgan fingerprint density at radius 1 is 1.47 bits per heavy atom. The van der Waals surface area contributed by atoms with Gasteiger partial charge in [-0.25, -0.2) is 0 Å². The summed E-state index contributed by atoms with van der Waals surface area (Å²) in [5.41, 5.74) is -1.43.